The number of benzene rings is 1. The Morgan fingerprint density at radius 3 is 2.82 bits per heavy atom. The van der Waals surface area contributed by atoms with Crippen LogP contribution in [0.1, 0.15) is 27.9 Å². The van der Waals surface area contributed by atoms with Crippen molar-refractivity contribution in [1.82, 2.24) is 9.80 Å². The van der Waals surface area contributed by atoms with Crippen LogP contribution < -0.4 is 0 Å². The quantitative estimate of drug-likeness (QED) is 0.854. The van der Waals surface area contributed by atoms with E-state index < -0.39 is 0 Å². The number of hydrogen-bond acceptors (Lipinski definition) is 3. The van der Waals surface area contributed by atoms with Crippen molar-refractivity contribution in [1.29, 1.82) is 0 Å². The minimum atomic E-state index is 0.0914. The molecule has 1 aromatic heterocycles. The molecule has 4 heteroatoms. The monoisotopic (exact) mass is 296 g/mol. The number of rotatable bonds is 2. The first-order chi connectivity index (χ1) is 10.8. The van der Waals surface area contributed by atoms with E-state index in [1.807, 2.05) is 4.90 Å². The molecule has 4 rings (SSSR count). The zero-order valence-corrected chi connectivity index (χ0v) is 12.6. The van der Waals surface area contributed by atoms with E-state index in [1.54, 1.807) is 12.3 Å². The number of nitrogens with zero attached hydrogens (tertiary/aromatic N) is 2. The predicted octanol–water partition coefficient (Wildman–Crippen LogP) is 2.55. The fraction of sp³-hybridized carbons (Fsp3) is 0.389. The number of hydrogen-bond donors (Lipinski definition) is 0. The Morgan fingerprint density at radius 1 is 1.14 bits per heavy atom. The summed E-state index contributed by atoms with van der Waals surface area (Å²) in [4.78, 5) is 16.9. The van der Waals surface area contributed by atoms with Gasteiger partial charge in [0.05, 0.1) is 11.8 Å². The molecule has 2 aliphatic rings. The molecule has 2 aliphatic heterocycles. The van der Waals surface area contributed by atoms with Gasteiger partial charge in [0.1, 0.15) is 6.26 Å². The van der Waals surface area contributed by atoms with Crippen molar-refractivity contribution >= 4 is 5.91 Å². The number of furan rings is 1. The molecule has 0 N–H and O–H groups in total. The summed E-state index contributed by atoms with van der Waals surface area (Å²) in [5, 5.41) is 0. The second kappa shape index (κ2) is 5.61. The second-order valence-electron chi connectivity index (χ2n) is 6.19. The summed E-state index contributed by atoms with van der Waals surface area (Å²) in [6.07, 6.45) is 5.27. The molecule has 0 saturated carbocycles. The van der Waals surface area contributed by atoms with Crippen LogP contribution in [0.3, 0.4) is 0 Å². The standard InChI is InChI=1S/C18H20N2O2/c21-18(16-7-10-22-13-16)20-9-6-17(12-20)19-8-5-14-3-1-2-4-15(14)11-19/h1-4,7,10,13,17H,5-6,8-9,11-12H2/t17-/m1/s1. The maximum Gasteiger partial charge on any atom is 0.257 e. The Hall–Kier alpha value is -2.07. The lowest BCUT2D eigenvalue weighted by atomic mass is 9.98. The van der Waals surface area contributed by atoms with Crippen LogP contribution in [0, 0.1) is 0 Å². The third kappa shape index (κ3) is 2.44. The zero-order valence-electron chi connectivity index (χ0n) is 12.6. The van der Waals surface area contributed by atoms with Crippen molar-refractivity contribution in [3.8, 4) is 0 Å². The minimum absolute atomic E-state index is 0.0914. The molecule has 1 aromatic carbocycles. The predicted molar refractivity (Wildman–Crippen MR) is 83.6 cm³/mol. The van der Waals surface area contributed by atoms with E-state index in [-0.39, 0.29) is 5.91 Å². The molecule has 0 radical (unpaired) electrons. The topological polar surface area (TPSA) is 36.7 Å². The number of carbonyl (C=O) groups is 1. The summed E-state index contributed by atoms with van der Waals surface area (Å²) in [6.45, 7) is 3.77. The van der Waals surface area contributed by atoms with E-state index >= 15 is 0 Å². The first-order valence-corrected chi connectivity index (χ1v) is 7.93. The molecule has 4 nitrogen and oxygen atoms in total. The van der Waals surface area contributed by atoms with Gasteiger partial charge in [0.25, 0.3) is 5.91 Å². The average Bonchev–Trinajstić information content (AvgIpc) is 3.25. The molecule has 1 saturated heterocycles. The molecular weight excluding hydrogens is 276 g/mol. The van der Waals surface area contributed by atoms with Gasteiger partial charge in [0, 0.05) is 32.2 Å². The van der Waals surface area contributed by atoms with Crippen LogP contribution in [0.15, 0.2) is 47.3 Å². The molecular formula is C18H20N2O2. The lowest BCUT2D eigenvalue weighted by Gasteiger charge is -2.33. The highest BCUT2D eigenvalue weighted by Crippen LogP contribution is 2.25. The lowest BCUT2D eigenvalue weighted by molar-refractivity contribution is 0.0772. The third-order valence-corrected chi connectivity index (χ3v) is 4.90. The van der Waals surface area contributed by atoms with Crippen LogP contribution >= 0.6 is 0 Å². The van der Waals surface area contributed by atoms with Crippen LogP contribution in [0.5, 0.6) is 0 Å². The molecule has 3 heterocycles. The van der Waals surface area contributed by atoms with Crippen LogP contribution in [-0.2, 0) is 13.0 Å². The zero-order chi connectivity index (χ0) is 14.9. The van der Waals surface area contributed by atoms with E-state index in [9.17, 15) is 4.79 Å². The van der Waals surface area contributed by atoms with Gasteiger partial charge in [-0.3, -0.25) is 9.69 Å². The molecule has 1 amide bonds. The van der Waals surface area contributed by atoms with Crippen molar-refractivity contribution < 1.29 is 9.21 Å². The van der Waals surface area contributed by atoms with Crippen LogP contribution in [0.2, 0.25) is 0 Å². The van der Waals surface area contributed by atoms with Crippen molar-refractivity contribution in [2.45, 2.75) is 25.4 Å². The highest BCUT2D eigenvalue weighted by Gasteiger charge is 2.32. The molecule has 0 unspecified atom stereocenters. The Kier molecular flexibility index (Phi) is 3.47. The first kappa shape index (κ1) is 13.6. The highest BCUT2D eigenvalue weighted by atomic mass is 16.3. The molecule has 0 bridgehead atoms. The summed E-state index contributed by atoms with van der Waals surface area (Å²) >= 11 is 0. The van der Waals surface area contributed by atoms with Gasteiger partial charge in [-0.1, -0.05) is 24.3 Å². The third-order valence-electron chi connectivity index (χ3n) is 4.90. The molecule has 1 fully saturated rings. The van der Waals surface area contributed by atoms with Gasteiger partial charge < -0.3 is 9.32 Å². The molecule has 2 aromatic rings. The lowest BCUT2D eigenvalue weighted by Crippen LogP contribution is -2.41. The van der Waals surface area contributed by atoms with Gasteiger partial charge in [-0.15, -0.1) is 0 Å². The van der Waals surface area contributed by atoms with E-state index in [0.717, 1.165) is 39.0 Å². The molecule has 1 atom stereocenters. The van der Waals surface area contributed by atoms with Crippen LogP contribution in [0.4, 0.5) is 0 Å². The molecule has 114 valence electrons. The molecule has 0 spiro atoms. The number of carbonyl (C=O) groups excluding carboxylic acids is 1. The largest absolute Gasteiger partial charge is 0.472 e. The van der Waals surface area contributed by atoms with Crippen molar-refractivity contribution in [2.24, 2.45) is 0 Å². The van der Waals surface area contributed by atoms with Gasteiger partial charge in [-0.25, -0.2) is 0 Å². The maximum absolute atomic E-state index is 12.4. The minimum Gasteiger partial charge on any atom is -0.472 e. The fourth-order valence-electron chi connectivity index (χ4n) is 3.62. The van der Waals surface area contributed by atoms with E-state index in [2.05, 4.69) is 29.2 Å². The Morgan fingerprint density at radius 2 is 2.00 bits per heavy atom. The molecule has 0 aliphatic carbocycles. The van der Waals surface area contributed by atoms with Gasteiger partial charge in [0.2, 0.25) is 0 Å². The van der Waals surface area contributed by atoms with Gasteiger partial charge in [-0.2, -0.15) is 0 Å². The number of likely N-dealkylation sites (tertiary alicyclic amines) is 1. The van der Waals surface area contributed by atoms with Crippen molar-refractivity contribution in [2.75, 3.05) is 19.6 Å². The SMILES string of the molecule is O=C(c1ccoc1)N1CC[C@@H](N2CCc3ccccc3C2)C1. The number of fused-ring (bicyclic) bond motifs is 1. The van der Waals surface area contributed by atoms with Crippen LogP contribution in [0.25, 0.3) is 0 Å². The first-order valence-electron chi connectivity index (χ1n) is 7.93. The van der Waals surface area contributed by atoms with Gasteiger partial charge in [-0.05, 0) is 30.0 Å². The second-order valence-corrected chi connectivity index (χ2v) is 6.19. The summed E-state index contributed by atoms with van der Waals surface area (Å²) in [7, 11) is 0. The summed E-state index contributed by atoms with van der Waals surface area (Å²) in [5.74, 6) is 0.0914. The number of amides is 1. The average molecular weight is 296 g/mol. The maximum atomic E-state index is 12.4. The van der Waals surface area contributed by atoms with E-state index in [0.29, 0.717) is 11.6 Å². The molecule has 22 heavy (non-hydrogen) atoms. The summed E-state index contributed by atoms with van der Waals surface area (Å²) in [5.41, 5.74) is 3.57. The Labute approximate surface area is 130 Å². The highest BCUT2D eigenvalue weighted by molar-refractivity contribution is 5.94. The van der Waals surface area contributed by atoms with E-state index in [4.69, 9.17) is 4.42 Å². The van der Waals surface area contributed by atoms with E-state index in [1.165, 1.54) is 17.4 Å². The normalized spacial score (nSPS) is 21.8. The van der Waals surface area contributed by atoms with Gasteiger partial charge >= 0.3 is 0 Å². The summed E-state index contributed by atoms with van der Waals surface area (Å²) in [6, 6.07) is 10.9. The Bertz CT molecular complexity index is 665. The van der Waals surface area contributed by atoms with Gasteiger partial charge in [0.15, 0.2) is 0 Å². The summed E-state index contributed by atoms with van der Waals surface area (Å²) < 4.78 is 5.02. The fourth-order valence-corrected chi connectivity index (χ4v) is 3.62. The van der Waals surface area contributed by atoms with Crippen molar-refractivity contribution in [3.63, 3.8) is 0 Å². The van der Waals surface area contributed by atoms with Crippen molar-refractivity contribution in [3.05, 3.63) is 59.5 Å². The smallest absolute Gasteiger partial charge is 0.257 e. The van der Waals surface area contributed by atoms with Crippen LogP contribution in [-0.4, -0.2) is 41.4 Å². The Balaban J connectivity index is 1.42.